The minimum absolute atomic E-state index is 0.116. The fraction of sp³-hybridized carbons (Fsp3) is 0.538. The topological polar surface area (TPSA) is 63.6 Å². The first kappa shape index (κ1) is 15.4. The number of hydrogen-bond donors (Lipinski definition) is 1. The third-order valence-electron chi connectivity index (χ3n) is 1.99. The SMILES string of the molecule is CCCCCC=C/C=C/COC(=O)CC(=O)O. The van der Waals surface area contributed by atoms with Crippen LogP contribution in [0, 0.1) is 0 Å². The Morgan fingerprint density at radius 3 is 2.53 bits per heavy atom. The Balaban J connectivity index is 3.47. The van der Waals surface area contributed by atoms with Crippen molar-refractivity contribution >= 4 is 11.9 Å². The van der Waals surface area contributed by atoms with Crippen molar-refractivity contribution in [2.24, 2.45) is 0 Å². The minimum Gasteiger partial charge on any atom is -0.481 e. The molecule has 0 atom stereocenters. The highest BCUT2D eigenvalue weighted by Gasteiger charge is 2.06. The largest absolute Gasteiger partial charge is 0.481 e. The predicted octanol–water partition coefficient (Wildman–Crippen LogP) is 2.70. The molecule has 0 aliphatic heterocycles. The number of rotatable bonds is 9. The molecule has 0 amide bonds. The molecule has 0 saturated heterocycles. The normalized spacial score (nSPS) is 11.1. The van der Waals surface area contributed by atoms with Gasteiger partial charge in [0.1, 0.15) is 13.0 Å². The van der Waals surface area contributed by atoms with Gasteiger partial charge in [0.2, 0.25) is 0 Å². The number of unbranched alkanes of at least 4 members (excludes halogenated alkanes) is 3. The van der Waals surface area contributed by atoms with Crippen LogP contribution in [-0.2, 0) is 14.3 Å². The summed E-state index contributed by atoms with van der Waals surface area (Å²) in [5.74, 6) is -1.89. The average molecular weight is 240 g/mol. The molecule has 0 fully saturated rings. The van der Waals surface area contributed by atoms with Crippen molar-refractivity contribution in [2.75, 3.05) is 6.61 Å². The van der Waals surface area contributed by atoms with Gasteiger partial charge in [0, 0.05) is 0 Å². The van der Waals surface area contributed by atoms with Crippen LogP contribution in [-0.4, -0.2) is 23.7 Å². The number of allylic oxidation sites excluding steroid dienone is 3. The summed E-state index contributed by atoms with van der Waals surface area (Å²) in [7, 11) is 0. The summed E-state index contributed by atoms with van der Waals surface area (Å²) in [6.07, 6.45) is 11.5. The van der Waals surface area contributed by atoms with E-state index < -0.39 is 18.4 Å². The van der Waals surface area contributed by atoms with Crippen LogP contribution in [0.15, 0.2) is 24.3 Å². The first-order chi connectivity index (χ1) is 8.16. The van der Waals surface area contributed by atoms with Crippen molar-refractivity contribution in [2.45, 2.75) is 39.0 Å². The van der Waals surface area contributed by atoms with E-state index in [0.717, 1.165) is 6.42 Å². The van der Waals surface area contributed by atoms with Crippen LogP contribution in [0.4, 0.5) is 0 Å². The first-order valence-electron chi connectivity index (χ1n) is 5.86. The maximum atomic E-state index is 10.8. The monoisotopic (exact) mass is 240 g/mol. The third-order valence-corrected chi connectivity index (χ3v) is 1.99. The predicted molar refractivity (Wildman–Crippen MR) is 65.6 cm³/mol. The van der Waals surface area contributed by atoms with E-state index in [9.17, 15) is 9.59 Å². The highest BCUT2D eigenvalue weighted by atomic mass is 16.5. The van der Waals surface area contributed by atoms with Crippen LogP contribution < -0.4 is 0 Å². The molecule has 96 valence electrons. The Morgan fingerprint density at radius 2 is 1.88 bits per heavy atom. The van der Waals surface area contributed by atoms with Crippen molar-refractivity contribution in [1.82, 2.24) is 0 Å². The lowest BCUT2D eigenvalue weighted by Crippen LogP contribution is -2.10. The summed E-state index contributed by atoms with van der Waals surface area (Å²) >= 11 is 0. The highest BCUT2D eigenvalue weighted by Crippen LogP contribution is 1.99. The zero-order valence-corrected chi connectivity index (χ0v) is 10.2. The Kier molecular flexibility index (Phi) is 9.91. The molecule has 0 aromatic rings. The van der Waals surface area contributed by atoms with Gasteiger partial charge < -0.3 is 9.84 Å². The van der Waals surface area contributed by atoms with Crippen LogP contribution in [0.5, 0.6) is 0 Å². The molecule has 1 N–H and O–H groups in total. The number of carbonyl (C=O) groups is 2. The average Bonchev–Trinajstić information content (AvgIpc) is 2.26. The van der Waals surface area contributed by atoms with Gasteiger partial charge in [-0.2, -0.15) is 0 Å². The smallest absolute Gasteiger partial charge is 0.317 e. The number of carboxylic acids is 1. The second-order valence-electron chi connectivity index (χ2n) is 3.61. The molecule has 17 heavy (non-hydrogen) atoms. The molecule has 4 nitrogen and oxygen atoms in total. The molecule has 0 rings (SSSR count). The standard InChI is InChI=1S/C13H20O4/c1-2-3-4-5-6-7-8-9-10-17-13(16)11-12(14)15/h6-9H,2-5,10-11H2,1H3,(H,14,15)/b7-6?,9-8+. The lowest BCUT2D eigenvalue weighted by molar-refractivity contribution is -0.150. The molecule has 0 aliphatic carbocycles. The maximum Gasteiger partial charge on any atom is 0.317 e. The molecule has 0 unspecified atom stereocenters. The summed E-state index contributed by atoms with van der Waals surface area (Å²) in [6, 6.07) is 0. The van der Waals surface area contributed by atoms with Crippen LogP contribution in [0.3, 0.4) is 0 Å². The highest BCUT2D eigenvalue weighted by molar-refractivity contribution is 5.90. The summed E-state index contributed by atoms with van der Waals surface area (Å²) in [6.45, 7) is 2.28. The quantitative estimate of drug-likeness (QED) is 0.291. The lowest BCUT2D eigenvalue weighted by atomic mass is 10.2. The van der Waals surface area contributed by atoms with Crippen LogP contribution in [0.2, 0.25) is 0 Å². The van der Waals surface area contributed by atoms with E-state index in [1.54, 1.807) is 12.2 Å². The van der Waals surface area contributed by atoms with E-state index in [0.29, 0.717) is 0 Å². The van der Waals surface area contributed by atoms with E-state index in [1.807, 2.05) is 6.08 Å². The molecule has 0 spiro atoms. The summed E-state index contributed by atoms with van der Waals surface area (Å²) in [5, 5.41) is 8.30. The van der Waals surface area contributed by atoms with Crippen molar-refractivity contribution in [3.05, 3.63) is 24.3 Å². The van der Waals surface area contributed by atoms with Gasteiger partial charge in [0.15, 0.2) is 0 Å². The second kappa shape index (κ2) is 10.9. The molecule has 0 saturated carbocycles. The lowest BCUT2D eigenvalue weighted by Gasteiger charge is -1.97. The fourth-order valence-corrected chi connectivity index (χ4v) is 1.14. The van der Waals surface area contributed by atoms with Crippen LogP contribution in [0.1, 0.15) is 39.0 Å². The van der Waals surface area contributed by atoms with Gasteiger partial charge in [-0.25, -0.2) is 0 Å². The van der Waals surface area contributed by atoms with Gasteiger partial charge in [-0.1, -0.05) is 38.0 Å². The Hall–Kier alpha value is -1.58. The summed E-state index contributed by atoms with van der Waals surface area (Å²) in [5.41, 5.74) is 0. The molecule has 0 radical (unpaired) electrons. The molecule has 0 aromatic carbocycles. The van der Waals surface area contributed by atoms with Crippen molar-refractivity contribution in [3.8, 4) is 0 Å². The van der Waals surface area contributed by atoms with E-state index >= 15 is 0 Å². The Bertz CT molecular complexity index is 279. The van der Waals surface area contributed by atoms with Gasteiger partial charge in [0.25, 0.3) is 0 Å². The summed E-state index contributed by atoms with van der Waals surface area (Å²) < 4.78 is 4.66. The van der Waals surface area contributed by atoms with E-state index in [1.165, 1.54) is 19.3 Å². The van der Waals surface area contributed by atoms with Crippen molar-refractivity contribution in [3.63, 3.8) is 0 Å². The molecular weight excluding hydrogens is 220 g/mol. The van der Waals surface area contributed by atoms with Gasteiger partial charge >= 0.3 is 11.9 Å². The zero-order chi connectivity index (χ0) is 12.9. The fourth-order valence-electron chi connectivity index (χ4n) is 1.14. The van der Waals surface area contributed by atoms with Gasteiger partial charge in [-0.05, 0) is 18.9 Å². The first-order valence-corrected chi connectivity index (χ1v) is 5.86. The molecule has 0 aromatic heterocycles. The number of carboxylic acid groups (broad SMARTS) is 1. The molecule has 0 aliphatic rings. The number of ether oxygens (including phenoxy) is 1. The van der Waals surface area contributed by atoms with Gasteiger partial charge in [-0.3, -0.25) is 9.59 Å². The number of hydrogen-bond acceptors (Lipinski definition) is 3. The molecule has 4 heteroatoms. The number of aliphatic carboxylic acids is 1. The van der Waals surface area contributed by atoms with E-state index in [4.69, 9.17) is 5.11 Å². The van der Waals surface area contributed by atoms with Gasteiger partial charge in [0.05, 0.1) is 0 Å². The number of esters is 1. The zero-order valence-electron chi connectivity index (χ0n) is 10.2. The van der Waals surface area contributed by atoms with Gasteiger partial charge in [-0.15, -0.1) is 0 Å². The molecular formula is C13H20O4. The number of carbonyl (C=O) groups excluding carboxylic acids is 1. The van der Waals surface area contributed by atoms with Crippen LogP contribution in [0.25, 0.3) is 0 Å². The second-order valence-corrected chi connectivity index (χ2v) is 3.61. The molecule has 0 bridgehead atoms. The maximum absolute atomic E-state index is 10.8. The van der Waals surface area contributed by atoms with Crippen molar-refractivity contribution < 1.29 is 19.4 Å². The molecule has 0 heterocycles. The summed E-state index contributed by atoms with van der Waals surface area (Å²) in [4.78, 5) is 20.9. The third kappa shape index (κ3) is 12.4. The Morgan fingerprint density at radius 1 is 1.18 bits per heavy atom. The van der Waals surface area contributed by atoms with E-state index in [-0.39, 0.29) is 6.61 Å². The van der Waals surface area contributed by atoms with Crippen molar-refractivity contribution in [1.29, 1.82) is 0 Å². The van der Waals surface area contributed by atoms with Crippen LogP contribution >= 0.6 is 0 Å². The minimum atomic E-state index is -1.17. The Labute approximate surface area is 102 Å². The van der Waals surface area contributed by atoms with E-state index in [2.05, 4.69) is 17.7 Å².